The normalized spacial score (nSPS) is 16.5. The van der Waals surface area contributed by atoms with Crippen molar-refractivity contribution in [1.82, 2.24) is 4.90 Å². The van der Waals surface area contributed by atoms with Crippen LogP contribution in [0.2, 0.25) is 0 Å². The Bertz CT molecular complexity index is 684. The molecular formula is C20H27N3O2. The Morgan fingerprint density at radius 1 is 0.920 bits per heavy atom. The van der Waals surface area contributed by atoms with Crippen molar-refractivity contribution in [2.24, 2.45) is 5.73 Å². The zero-order valence-corrected chi connectivity index (χ0v) is 15.0. The maximum Gasteiger partial charge on any atom is 0.120 e. The van der Waals surface area contributed by atoms with E-state index in [9.17, 15) is 0 Å². The second-order valence-corrected chi connectivity index (χ2v) is 6.37. The molecule has 1 atom stereocenters. The van der Waals surface area contributed by atoms with Crippen LogP contribution in [0.25, 0.3) is 0 Å². The molecule has 0 aliphatic carbocycles. The zero-order chi connectivity index (χ0) is 17.6. The molecule has 0 spiro atoms. The van der Waals surface area contributed by atoms with Gasteiger partial charge in [-0.25, -0.2) is 0 Å². The van der Waals surface area contributed by atoms with E-state index in [2.05, 4.69) is 28.0 Å². The minimum Gasteiger partial charge on any atom is -0.497 e. The molecule has 1 heterocycles. The number of benzene rings is 2. The maximum absolute atomic E-state index is 6.41. The first-order valence-corrected chi connectivity index (χ1v) is 8.70. The molecule has 5 heteroatoms. The Morgan fingerprint density at radius 2 is 1.56 bits per heavy atom. The van der Waals surface area contributed by atoms with Crippen LogP contribution in [0.5, 0.6) is 11.5 Å². The van der Waals surface area contributed by atoms with Gasteiger partial charge in [-0.15, -0.1) is 0 Å². The molecule has 1 aliphatic rings. The molecule has 2 N–H and O–H groups in total. The fourth-order valence-corrected chi connectivity index (χ4v) is 3.25. The van der Waals surface area contributed by atoms with Gasteiger partial charge >= 0.3 is 0 Å². The van der Waals surface area contributed by atoms with Gasteiger partial charge in [-0.1, -0.05) is 18.2 Å². The molecular weight excluding hydrogens is 314 g/mol. The van der Waals surface area contributed by atoms with Crippen molar-refractivity contribution in [2.45, 2.75) is 6.04 Å². The number of ether oxygens (including phenoxy) is 2. The van der Waals surface area contributed by atoms with Gasteiger partial charge in [0.2, 0.25) is 0 Å². The third-order valence-corrected chi connectivity index (χ3v) is 4.77. The maximum atomic E-state index is 6.41. The summed E-state index contributed by atoms with van der Waals surface area (Å²) < 4.78 is 10.6. The standard InChI is InChI=1S/C20H27N3O2/c1-24-18-7-3-5-16(13-18)20(21)15-22-9-11-23(12-10-22)17-6-4-8-19(14-17)25-2/h3-8,13-14,20H,9-12,15,21H2,1-2H3. The predicted molar refractivity (Wildman–Crippen MR) is 102 cm³/mol. The smallest absolute Gasteiger partial charge is 0.120 e. The van der Waals surface area contributed by atoms with Crippen LogP contribution in [0.3, 0.4) is 0 Å². The first kappa shape index (κ1) is 17.6. The molecule has 0 radical (unpaired) electrons. The zero-order valence-electron chi connectivity index (χ0n) is 15.0. The van der Waals surface area contributed by atoms with E-state index >= 15 is 0 Å². The molecule has 1 aliphatic heterocycles. The molecule has 3 rings (SSSR count). The SMILES string of the molecule is COc1cccc(C(N)CN2CCN(c3cccc(OC)c3)CC2)c1. The summed E-state index contributed by atoms with van der Waals surface area (Å²) in [5, 5.41) is 0. The lowest BCUT2D eigenvalue weighted by Gasteiger charge is -2.37. The van der Waals surface area contributed by atoms with Crippen molar-refractivity contribution in [1.29, 1.82) is 0 Å². The molecule has 25 heavy (non-hydrogen) atoms. The van der Waals surface area contributed by atoms with Gasteiger partial charge in [-0.3, -0.25) is 4.90 Å². The molecule has 134 valence electrons. The monoisotopic (exact) mass is 341 g/mol. The summed E-state index contributed by atoms with van der Waals surface area (Å²) in [6.45, 7) is 4.87. The van der Waals surface area contributed by atoms with E-state index in [0.29, 0.717) is 0 Å². The largest absolute Gasteiger partial charge is 0.497 e. The molecule has 2 aromatic rings. The first-order chi connectivity index (χ1) is 12.2. The third-order valence-electron chi connectivity index (χ3n) is 4.77. The molecule has 0 amide bonds. The number of rotatable bonds is 6. The number of hydrogen-bond donors (Lipinski definition) is 1. The van der Waals surface area contributed by atoms with Crippen LogP contribution in [-0.2, 0) is 0 Å². The highest BCUT2D eigenvalue weighted by Gasteiger charge is 2.20. The van der Waals surface area contributed by atoms with Gasteiger partial charge in [-0.05, 0) is 29.8 Å². The lowest BCUT2D eigenvalue weighted by Crippen LogP contribution is -2.48. The second-order valence-electron chi connectivity index (χ2n) is 6.37. The van der Waals surface area contributed by atoms with Crippen molar-refractivity contribution in [2.75, 3.05) is 51.8 Å². The Balaban J connectivity index is 1.55. The van der Waals surface area contributed by atoms with Gasteiger partial charge in [0.15, 0.2) is 0 Å². The van der Waals surface area contributed by atoms with Gasteiger partial charge in [0.05, 0.1) is 14.2 Å². The molecule has 5 nitrogen and oxygen atoms in total. The van der Waals surface area contributed by atoms with Crippen molar-refractivity contribution in [3.05, 3.63) is 54.1 Å². The summed E-state index contributed by atoms with van der Waals surface area (Å²) in [5.74, 6) is 1.76. The summed E-state index contributed by atoms with van der Waals surface area (Å²) in [5.41, 5.74) is 8.74. The minimum atomic E-state index is -0.00142. The Hall–Kier alpha value is -2.24. The highest BCUT2D eigenvalue weighted by atomic mass is 16.5. The lowest BCUT2D eigenvalue weighted by molar-refractivity contribution is 0.243. The van der Waals surface area contributed by atoms with Gasteiger partial charge in [0, 0.05) is 50.5 Å². The van der Waals surface area contributed by atoms with Gasteiger partial charge in [-0.2, -0.15) is 0 Å². The summed E-state index contributed by atoms with van der Waals surface area (Å²) >= 11 is 0. The van der Waals surface area contributed by atoms with E-state index in [4.69, 9.17) is 15.2 Å². The Labute approximate surface area is 149 Å². The first-order valence-electron chi connectivity index (χ1n) is 8.70. The number of hydrogen-bond acceptors (Lipinski definition) is 5. The van der Waals surface area contributed by atoms with Crippen molar-refractivity contribution in [3.8, 4) is 11.5 Å². The number of methoxy groups -OCH3 is 2. The number of piperazine rings is 1. The number of nitrogens with two attached hydrogens (primary N) is 1. The number of nitrogens with zero attached hydrogens (tertiary/aromatic N) is 2. The molecule has 0 aromatic heterocycles. The average Bonchev–Trinajstić information content (AvgIpc) is 2.68. The van der Waals surface area contributed by atoms with Crippen molar-refractivity contribution in [3.63, 3.8) is 0 Å². The molecule has 1 unspecified atom stereocenters. The lowest BCUT2D eigenvalue weighted by atomic mass is 10.1. The van der Waals surface area contributed by atoms with Crippen LogP contribution in [0, 0.1) is 0 Å². The molecule has 2 aromatic carbocycles. The van der Waals surface area contributed by atoms with Gasteiger partial charge < -0.3 is 20.1 Å². The Morgan fingerprint density at radius 3 is 2.24 bits per heavy atom. The van der Waals surface area contributed by atoms with Crippen LogP contribution in [0.1, 0.15) is 11.6 Å². The summed E-state index contributed by atoms with van der Waals surface area (Å²) in [6, 6.07) is 16.3. The molecule has 0 bridgehead atoms. The minimum absolute atomic E-state index is 0.00142. The van der Waals surface area contributed by atoms with E-state index in [1.54, 1.807) is 14.2 Å². The van der Waals surface area contributed by atoms with Crippen LogP contribution in [0.15, 0.2) is 48.5 Å². The third kappa shape index (κ3) is 4.44. The average molecular weight is 341 g/mol. The van der Waals surface area contributed by atoms with Crippen LogP contribution < -0.4 is 20.1 Å². The number of anilines is 1. The highest BCUT2D eigenvalue weighted by Crippen LogP contribution is 2.23. The van der Waals surface area contributed by atoms with E-state index in [1.165, 1.54) is 5.69 Å². The second kappa shape index (κ2) is 8.23. The van der Waals surface area contributed by atoms with Gasteiger partial charge in [0.1, 0.15) is 11.5 Å². The Kier molecular flexibility index (Phi) is 5.79. The van der Waals surface area contributed by atoms with Crippen molar-refractivity contribution < 1.29 is 9.47 Å². The van der Waals surface area contributed by atoms with E-state index in [0.717, 1.165) is 49.8 Å². The van der Waals surface area contributed by atoms with Crippen LogP contribution in [-0.4, -0.2) is 51.8 Å². The van der Waals surface area contributed by atoms with E-state index < -0.39 is 0 Å². The van der Waals surface area contributed by atoms with Gasteiger partial charge in [0.25, 0.3) is 0 Å². The molecule has 0 saturated carbocycles. The molecule has 1 fully saturated rings. The summed E-state index contributed by atoms with van der Waals surface area (Å²) in [4.78, 5) is 4.83. The van der Waals surface area contributed by atoms with Crippen molar-refractivity contribution >= 4 is 5.69 Å². The van der Waals surface area contributed by atoms with E-state index in [1.807, 2.05) is 30.3 Å². The van der Waals surface area contributed by atoms with Crippen LogP contribution in [0.4, 0.5) is 5.69 Å². The van der Waals surface area contributed by atoms with E-state index in [-0.39, 0.29) is 6.04 Å². The van der Waals surface area contributed by atoms with Crippen LogP contribution >= 0.6 is 0 Å². The fraction of sp³-hybridized carbons (Fsp3) is 0.400. The highest BCUT2D eigenvalue weighted by molar-refractivity contribution is 5.51. The predicted octanol–water partition coefficient (Wildman–Crippen LogP) is 2.53. The molecule has 1 saturated heterocycles. The summed E-state index contributed by atoms with van der Waals surface area (Å²) in [6.07, 6.45) is 0. The summed E-state index contributed by atoms with van der Waals surface area (Å²) in [7, 11) is 3.39. The fourth-order valence-electron chi connectivity index (χ4n) is 3.25. The topological polar surface area (TPSA) is 51.0 Å². The quantitative estimate of drug-likeness (QED) is 0.875.